The van der Waals surface area contributed by atoms with Crippen LogP contribution in [0, 0.1) is 0 Å². The highest BCUT2D eigenvalue weighted by atomic mass is 32.2. The lowest BCUT2D eigenvalue weighted by molar-refractivity contribution is -0.136. The van der Waals surface area contributed by atoms with Gasteiger partial charge in [0.2, 0.25) is 0 Å². The summed E-state index contributed by atoms with van der Waals surface area (Å²) in [5.41, 5.74) is -0.697. The number of carboxylic acids is 1. The Morgan fingerprint density at radius 3 is 2.77 bits per heavy atom. The van der Waals surface area contributed by atoms with Gasteiger partial charge in [-0.25, -0.2) is 9.78 Å². The van der Waals surface area contributed by atoms with Crippen molar-refractivity contribution in [3.05, 3.63) is 20.8 Å². The van der Waals surface area contributed by atoms with Crippen LogP contribution in [-0.4, -0.2) is 49.1 Å². The Balaban J connectivity index is 2.66. The Bertz CT molecular complexity index is 821. The van der Waals surface area contributed by atoms with E-state index in [1.807, 2.05) is 0 Å². The first kappa shape index (κ1) is 16.3. The Labute approximate surface area is 128 Å². The third kappa shape index (κ3) is 2.92. The third-order valence-corrected chi connectivity index (χ3v) is 4.20. The zero-order valence-electron chi connectivity index (χ0n) is 12.3. The minimum Gasteiger partial charge on any atom is -0.480 e. The number of nitrogens with one attached hydrogen (secondary N) is 1. The van der Waals surface area contributed by atoms with Crippen molar-refractivity contribution >= 4 is 28.9 Å². The number of hydrogen-bond acceptors (Lipinski definition) is 6. The van der Waals surface area contributed by atoms with Gasteiger partial charge in [0.15, 0.2) is 16.3 Å². The largest absolute Gasteiger partial charge is 0.480 e. The molecule has 0 radical (unpaired) electrons. The van der Waals surface area contributed by atoms with Gasteiger partial charge in [-0.3, -0.25) is 19.1 Å². The van der Waals surface area contributed by atoms with E-state index in [1.54, 1.807) is 4.57 Å². The van der Waals surface area contributed by atoms with E-state index in [9.17, 15) is 14.4 Å². The standard InChI is InChI=1S/C12H16N4O5S/c1-6(10(18)19)22-12-13-8-7(16(12)4-5-21-3)9(17)14-11(20)15(8)2/h6H,4-5H2,1-3H3,(H,18,19)(H,14,17,20)/t6-/m0/s1. The van der Waals surface area contributed by atoms with E-state index < -0.39 is 22.5 Å². The van der Waals surface area contributed by atoms with E-state index >= 15 is 0 Å². The molecule has 2 aromatic rings. The summed E-state index contributed by atoms with van der Waals surface area (Å²) in [5, 5.41) is 8.65. The Hall–Kier alpha value is -2.07. The summed E-state index contributed by atoms with van der Waals surface area (Å²) in [6, 6.07) is 0. The first-order valence-corrected chi connectivity index (χ1v) is 7.32. The average molecular weight is 328 g/mol. The first-order chi connectivity index (χ1) is 10.4. The minimum atomic E-state index is -0.988. The van der Waals surface area contributed by atoms with Gasteiger partial charge in [0.05, 0.1) is 6.61 Å². The molecule has 0 aromatic carbocycles. The van der Waals surface area contributed by atoms with Gasteiger partial charge in [0, 0.05) is 20.7 Å². The Morgan fingerprint density at radius 1 is 1.50 bits per heavy atom. The van der Waals surface area contributed by atoms with E-state index in [0.29, 0.717) is 18.3 Å². The summed E-state index contributed by atoms with van der Waals surface area (Å²) in [5.74, 6) is -0.988. The smallest absolute Gasteiger partial charge is 0.329 e. The predicted molar refractivity (Wildman–Crippen MR) is 80.4 cm³/mol. The lowest BCUT2D eigenvalue weighted by Gasteiger charge is -2.09. The third-order valence-electron chi connectivity index (χ3n) is 3.12. The Kier molecular flexibility index (Phi) is 4.71. The topological polar surface area (TPSA) is 119 Å². The number of ether oxygens (including phenoxy) is 1. The molecule has 0 amide bonds. The molecule has 2 rings (SSSR count). The number of fused-ring (bicyclic) bond motifs is 1. The number of imidazole rings is 1. The second kappa shape index (κ2) is 6.36. The fraction of sp³-hybridized carbons (Fsp3) is 0.500. The molecule has 10 heteroatoms. The van der Waals surface area contributed by atoms with Crippen LogP contribution in [0.3, 0.4) is 0 Å². The maximum atomic E-state index is 12.1. The van der Waals surface area contributed by atoms with Gasteiger partial charge in [0.1, 0.15) is 5.25 Å². The summed E-state index contributed by atoms with van der Waals surface area (Å²) >= 11 is 1.01. The number of carboxylic acid groups (broad SMARTS) is 1. The molecule has 0 aliphatic heterocycles. The quantitative estimate of drug-likeness (QED) is 0.695. The fourth-order valence-electron chi connectivity index (χ4n) is 1.90. The number of methoxy groups -OCH3 is 1. The number of aryl methyl sites for hydroxylation is 1. The molecule has 0 saturated carbocycles. The highest BCUT2D eigenvalue weighted by Crippen LogP contribution is 2.25. The number of carbonyl (C=O) groups is 1. The van der Waals surface area contributed by atoms with Crippen molar-refractivity contribution in [2.45, 2.75) is 23.9 Å². The maximum Gasteiger partial charge on any atom is 0.329 e. The lowest BCUT2D eigenvalue weighted by Crippen LogP contribution is -2.29. The molecular formula is C12H16N4O5S. The van der Waals surface area contributed by atoms with E-state index in [0.717, 1.165) is 11.8 Å². The van der Waals surface area contributed by atoms with Gasteiger partial charge >= 0.3 is 11.7 Å². The van der Waals surface area contributed by atoms with Crippen molar-refractivity contribution in [1.29, 1.82) is 0 Å². The maximum absolute atomic E-state index is 12.1. The summed E-state index contributed by atoms with van der Waals surface area (Å²) in [6.07, 6.45) is 0. The van der Waals surface area contributed by atoms with Crippen LogP contribution < -0.4 is 11.2 Å². The molecule has 9 nitrogen and oxygen atoms in total. The number of aliphatic carboxylic acids is 1. The second-order valence-electron chi connectivity index (χ2n) is 4.63. The number of aromatic nitrogens is 4. The van der Waals surface area contributed by atoms with Crippen LogP contribution >= 0.6 is 11.8 Å². The molecule has 2 N–H and O–H groups in total. The number of rotatable bonds is 6. The summed E-state index contributed by atoms with van der Waals surface area (Å²) in [4.78, 5) is 41.2. The monoisotopic (exact) mass is 328 g/mol. The number of aromatic amines is 1. The van der Waals surface area contributed by atoms with Gasteiger partial charge in [-0.15, -0.1) is 0 Å². The van der Waals surface area contributed by atoms with Gasteiger partial charge in [-0.2, -0.15) is 0 Å². The van der Waals surface area contributed by atoms with Crippen molar-refractivity contribution in [2.75, 3.05) is 13.7 Å². The molecule has 0 saturated heterocycles. The van der Waals surface area contributed by atoms with Crippen LogP contribution in [0.15, 0.2) is 14.7 Å². The zero-order valence-corrected chi connectivity index (χ0v) is 13.1. The molecule has 120 valence electrons. The number of hydrogen-bond donors (Lipinski definition) is 2. The molecule has 0 spiro atoms. The molecule has 0 unspecified atom stereocenters. The normalized spacial score (nSPS) is 12.7. The van der Waals surface area contributed by atoms with Gasteiger partial charge in [-0.05, 0) is 6.92 Å². The van der Waals surface area contributed by atoms with Gasteiger partial charge in [-0.1, -0.05) is 11.8 Å². The molecule has 2 heterocycles. The van der Waals surface area contributed by atoms with Crippen LogP contribution in [-0.2, 0) is 23.1 Å². The highest BCUT2D eigenvalue weighted by Gasteiger charge is 2.21. The minimum absolute atomic E-state index is 0.213. The predicted octanol–water partition coefficient (Wildman–Crippen LogP) is -0.365. The van der Waals surface area contributed by atoms with Crippen molar-refractivity contribution in [3.8, 4) is 0 Å². The second-order valence-corrected chi connectivity index (χ2v) is 5.94. The van der Waals surface area contributed by atoms with E-state index in [-0.39, 0.29) is 11.2 Å². The highest BCUT2D eigenvalue weighted by molar-refractivity contribution is 8.00. The summed E-state index contributed by atoms with van der Waals surface area (Å²) in [7, 11) is 3.01. The van der Waals surface area contributed by atoms with Crippen molar-refractivity contribution in [2.24, 2.45) is 7.05 Å². The van der Waals surface area contributed by atoms with Crippen molar-refractivity contribution in [3.63, 3.8) is 0 Å². The molecule has 0 fully saturated rings. The molecule has 22 heavy (non-hydrogen) atoms. The van der Waals surface area contributed by atoms with Crippen LogP contribution in [0.25, 0.3) is 11.2 Å². The first-order valence-electron chi connectivity index (χ1n) is 6.44. The Morgan fingerprint density at radius 2 is 2.18 bits per heavy atom. The molecule has 0 aliphatic rings. The van der Waals surface area contributed by atoms with E-state index in [1.165, 1.54) is 25.6 Å². The summed E-state index contributed by atoms with van der Waals surface area (Å²) in [6.45, 7) is 2.17. The molecule has 2 aromatic heterocycles. The summed E-state index contributed by atoms with van der Waals surface area (Å²) < 4.78 is 7.80. The van der Waals surface area contributed by atoms with Crippen molar-refractivity contribution in [1.82, 2.24) is 19.1 Å². The number of thioether (sulfide) groups is 1. The number of H-pyrrole nitrogens is 1. The molecular weight excluding hydrogens is 312 g/mol. The van der Waals surface area contributed by atoms with Crippen LogP contribution in [0.2, 0.25) is 0 Å². The van der Waals surface area contributed by atoms with Crippen LogP contribution in [0.4, 0.5) is 0 Å². The van der Waals surface area contributed by atoms with Gasteiger partial charge in [0.25, 0.3) is 5.56 Å². The van der Waals surface area contributed by atoms with E-state index in [2.05, 4.69) is 9.97 Å². The molecule has 0 aliphatic carbocycles. The molecule has 0 bridgehead atoms. The van der Waals surface area contributed by atoms with Crippen LogP contribution in [0.5, 0.6) is 0 Å². The fourth-order valence-corrected chi connectivity index (χ4v) is 2.77. The van der Waals surface area contributed by atoms with Crippen molar-refractivity contribution < 1.29 is 14.6 Å². The average Bonchev–Trinajstić information content (AvgIpc) is 2.81. The lowest BCUT2D eigenvalue weighted by atomic mass is 10.5. The molecule has 1 atom stereocenters. The SMILES string of the molecule is COCCn1c(S[C@@H](C)C(=O)O)nc2c1c(=O)[nH]c(=O)n2C. The van der Waals surface area contributed by atoms with E-state index in [4.69, 9.17) is 9.84 Å². The van der Waals surface area contributed by atoms with Crippen LogP contribution in [0.1, 0.15) is 6.92 Å². The van der Waals surface area contributed by atoms with Gasteiger partial charge < -0.3 is 14.4 Å². The number of nitrogens with zero attached hydrogens (tertiary/aromatic N) is 3. The zero-order chi connectivity index (χ0) is 16.4.